The van der Waals surface area contributed by atoms with E-state index in [0.717, 1.165) is 39.1 Å². The van der Waals surface area contributed by atoms with Crippen molar-refractivity contribution in [2.75, 3.05) is 32.7 Å². The van der Waals surface area contributed by atoms with E-state index < -0.39 is 6.10 Å². The molecule has 1 aromatic carbocycles. The van der Waals surface area contributed by atoms with Gasteiger partial charge in [0.05, 0.1) is 12.6 Å². The van der Waals surface area contributed by atoms with Gasteiger partial charge in [0, 0.05) is 51.2 Å². The fourth-order valence-corrected chi connectivity index (χ4v) is 3.51. The molecule has 2 heterocycles. The Bertz CT molecular complexity index is 649. The predicted octanol–water partition coefficient (Wildman–Crippen LogP) is 2.15. The first-order chi connectivity index (χ1) is 12.2. The van der Waals surface area contributed by atoms with Gasteiger partial charge in [0.15, 0.2) is 0 Å². The average molecular weight is 346 g/mol. The maximum absolute atomic E-state index is 13.4. The first-order valence-electron chi connectivity index (χ1n) is 9.03. The lowest BCUT2D eigenvalue weighted by atomic mass is 10.0. The van der Waals surface area contributed by atoms with Crippen LogP contribution in [0, 0.1) is 5.82 Å². The van der Waals surface area contributed by atoms with Crippen molar-refractivity contribution in [3.05, 3.63) is 54.1 Å². The van der Waals surface area contributed by atoms with Crippen molar-refractivity contribution in [3.8, 4) is 0 Å². The first kappa shape index (κ1) is 18.0. The minimum absolute atomic E-state index is 0.299. The number of aromatic nitrogens is 2. The number of hydrogen-bond acceptors (Lipinski definition) is 4. The number of hydrogen-bond donors (Lipinski definition) is 1. The molecule has 2 aromatic rings. The van der Waals surface area contributed by atoms with Crippen LogP contribution in [0.5, 0.6) is 0 Å². The molecule has 0 bridgehead atoms. The molecule has 6 heteroatoms. The van der Waals surface area contributed by atoms with Crippen LogP contribution >= 0.6 is 0 Å². The normalized spacial score (nSPS) is 20.7. The Kier molecular flexibility index (Phi) is 6.18. The molecular formula is C19H27FN4O. The number of rotatable bonds is 7. The molecule has 0 radical (unpaired) electrons. The van der Waals surface area contributed by atoms with Crippen LogP contribution in [0.3, 0.4) is 0 Å². The molecule has 1 fully saturated rings. The highest BCUT2D eigenvalue weighted by atomic mass is 19.1. The lowest BCUT2D eigenvalue weighted by Gasteiger charge is -2.42. The molecule has 1 saturated heterocycles. The van der Waals surface area contributed by atoms with Crippen molar-refractivity contribution in [1.82, 2.24) is 19.6 Å². The van der Waals surface area contributed by atoms with Gasteiger partial charge in [-0.15, -0.1) is 0 Å². The number of benzene rings is 1. The average Bonchev–Trinajstić information content (AvgIpc) is 3.14. The fourth-order valence-electron chi connectivity index (χ4n) is 3.51. The molecule has 3 rings (SSSR count). The van der Waals surface area contributed by atoms with Gasteiger partial charge in [-0.05, 0) is 30.2 Å². The molecule has 5 nitrogen and oxygen atoms in total. The highest BCUT2D eigenvalue weighted by Crippen LogP contribution is 2.20. The molecule has 0 saturated carbocycles. The topological polar surface area (TPSA) is 44.5 Å². The zero-order valence-electron chi connectivity index (χ0n) is 14.8. The van der Waals surface area contributed by atoms with Gasteiger partial charge in [0.25, 0.3) is 0 Å². The van der Waals surface area contributed by atoms with Crippen LogP contribution in [-0.2, 0) is 6.54 Å². The number of aliphatic hydroxyl groups is 1. The summed E-state index contributed by atoms with van der Waals surface area (Å²) in [6.07, 6.45) is 4.18. The maximum Gasteiger partial charge on any atom is 0.123 e. The Balaban J connectivity index is 1.53. The van der Waals surface area contributed by atoms with E-state index in [-0.39, 0.29) is 5.82 Å². The quantitative estimate of drug-likeness (QED) is 0.834. The van der Waals surface area contributed by atoms with Gasteiger partial charge in [0.2, 0.25) is 0 Å². The van der Waals surface area contributed by atoms with Gasteiger partial charge in [-0.25, -0.2) is 4.39 Å². The van der Waals surface area contributed by atoms with Gasteiger partial charge >= 0.3 is 0 Å². The van der Waals surface area contributed by atoms with Crippen LogP contribution in [0.2, 0.25) is 0 Å². The number of nitrogens with zero attached hydrogens (tertiary/aromatic N) is 4. The van der Waals surface area contributed by atoms with Crippen LogP contribution in [0.25, 0.3) is 0 Å². The molecule has 1 aliphatic heterocycles. The fraction of sp³-hybridized carbons (Fsp3) is 0.526. The van der Waals surface area contributed by atoms with Gasteiger partial charge in [-0.2, -0.15) is 5.10 Å². The van der Waals surface area contributed by atoms with E-state index in [0.29, 0.717) is 18.2 Å². The zero-order valence-corrected chi connectivity index (χ0v) is 14.8. The molecule has 1 aromatic heterocycles. The maximum atomic E-state index is 13.4. The van der Waals surface area contributed by atoms with Gasteiger partial charge in [-0.3, -0.25) is 14.5 Å². The third kappa shape index (κ3) is 4.87. The molecule has 136 valence electrons. The van der Waals surface area contributed by atoms with E-state index >= 15 is 0 Å². The zero-order chi connectivity index (χ0) is 17.6. The number of piperazine rings is 1. The summed E-state index contributed by atoms with van der Waals surface area (Å²) in [6, 6.07) is 8.62. The highest BCUT2D eigenvalue weighted by molar-refractivity contribution is 5.19. The highest BCUT2D eigenvalue weighted by Gasteiger charge is 2.27. The van der Waals surface area contributed by atoms with E-state index in [9.17, 15) is 9.50 Å². The minimum atomic E-state index is -0.652. The Hall–Kier alpha value is -1.76. The molecule has 1 N–H and O–H groups in total. The van der Waals surface area contributed by atoms with Crippen molar-refractivity contribution < 1.29 is 9.50 Å². The van der Waals surface area contributed by atoms with E-state index in [1.165, 1.54) is 12.1 Å². The summed E-state index contributed by atoms with van der Waals surface area (Å²) in [7, 11) is 0. The van der Waals surface area contributed by atoms with Crippen molar-refractivity contribution >= 4 is 0 Å². The summed E-state index contributed by atoms with van der Waals surface area (Å²) in [4.78, 5) is 4.79. The van der Waals surface area contributed by atoms with E-state index in [1.54, 1.807) is 18.3 Å². The van der Waals surface area contributed by atoms with E-state index in [2.05, 4.69) is 21.8 Å². The molecule has 25 heavy (non-hydrogen) atoms. The Morgan fingerprint density at radius 1 is 1.28 bits per heavy atom. The molecule has 1 aliphatic rings. The largest absolute Gasteiger partial charge is 0.387 e. The Morgan fingerprint density at radius 3 is 2.88 bits per heavy atom. The van der Waals surface area contributed by atoms with E-state index in [4.69, 9.17) is 0 Å². The Labute approximate surface area is 148 Å². The lowest BCUT2D eigenvalue weighted by molar-refractivity contribution is 0.0294. The molecule has 0 aliphatic carbocycles. The van der Waals surface area contributed by atoms with Crippen LogP contribution < -0.4 is 0 Å². The SMILES string of the molecule is CC[C@H]1CN(CCn2cccn2)CCN1C[C@@H](O)c1cccc(F)c1. The first-order valence-corrected chi connectivity index (χ1v) is 9.03. The molecule has 2 atom stereocenters. The third-order valence-electron chi connectivity index (χ3n) is 5.01. The minimum Gasteiger partial charge on any atom is -0.387 e. The smallest absolute Gasteiger partial charge is 0.123 e. The lowest BCUT2D eigenvalue weighted by Crippen LogP contribution is -2.54. The second kappa shape index (κ2) is 8.56. The number of halogens is 1. The Morgan fingerprint density at radius 2 is 2.16 bits per heavy atom. The van der Waals surface area contributed by atoms with Crippen LogP contribution in [0.15, 0.2) is 42.7 Å². The molecular weight excluding hydrogens is 319 g/mol. The summed E-state index contributed by atoms with van der Waals surface area (Å²) in [6.45, 7) is 7.51. The summed E-state index contributed by atoms with van der Waals surface area (Å²) >= 11 is 0. The van der Waals surface area contributed by atoms with Gasteiger partial charge < -0.3 is 5.11 Å². The molecule has 0 amide bonds. The second-order valence-corrected chi connectivity index (χ2v) is 6.70. The summed E-state index contributed by atoms with van der Waals surface area (Å²) in [5, 5.41) is 14.7. The predicted molar refractivity (Wildman–Crippen MR) is 95.7 cm³/mol. The second-order valence-electron chi connectivity index (χ2n) is 6.70. The van der Waals surface area contributed by atoms with Crippen LogP contribution in [0.1, 0.15) is 25.0 Å². The monoisotopic (exact) mass is 346 g/mol. The van der Waals surface area contributed by atoms with Crippen LogP contribution in [-0.4, -0.2) is 63.5 Å². The number of aliphatic hydroxyl groups excluding tert-OH is 1. The van der Waals surface area contributed by atoms with Crippen molar-refractivity contribution in [3.63, 3.8) is 0 Å². The van der Waals surface area contributed by atoms with E-state index in [1.807, 2.05) is 16.9 Å². The van der Waals surface area contributed by atoms with Gasteiger partial charge in [-0.1, -0.05) is 19.1 Å². The number of β-amino-alcohol motifs (C(OH)–C–C–N with tert-alkyl or cyclic N) is 1. The third-order valence-corrected chi connectivity index (χ3v) is 5.01. The summed E-state index contributed by atoms with van der Waals surface area (Å²) in [5.74, 6) is -0.299. The molecule has 0 unspecified atom stereocenters. The standard InChI is InChI=1S/C19H27FN4O/c1-2-18-14-22(10-12-24-8-4-7-21-24)9-11-23(18)15-19(25)16-5-3-6-17(20)13-16/h3-8,13,18-19,25H,2,9-12,14-15H2,1H3/t18-,19+/m0/s1. The van der Waals surface area contributed by atoms with Crippen molar-refractivity contribution in [2.45, 2.75) is 32.0 Å². The van der Waals surface area contributed by atoms with Crippen molar-refractivity contribution in [2.24, 2.45) is 0 Å². The summed E-state index contributed by atoms with van der Waals surface area (Å²) < 4.78 is 15.3. The summed E-state index contributed by atoms with van der Waals surface area (Å²) in [5.41, 5.74) is 0.649. The molecule has 0 spiro atoms. The van der Waals surface area contributed by atoms with Crippen LogP contribution in [0.4, 0.5) is 4.39 Å². The van der Waals surface area contributed by atoms with Crippen molar-refractivity contribution in [1.29, 1.82) is 0 Å². The van der Waals surface area contributed by atoms with Gasteiger partial charge in [0.1, 0.15) is 5.82 Å².